The number of nitrogens with zero attached hydrogens (tertiary/aromatic N) is 1. The molecule has 0 aromatic heterocycles. The summed E-state index contributed by atoms with van der Waals surface area (Å²) < 4.78 is 0. The van der Waals surface area contributed by atoms with E-state index in [1.165, 1.54) is 19.3 Å². The normalized spacial score (nSPS) is 33.3. The molecule has 2 aliphatic carbocycles. The Bertz CT molecular complexity index is 361. The third-order valence-electron chi connectivity index (χ3n) is 4.79. The Balaban J connectivity index is 1.63. The van der Waals surface area contributed by atoms with Gasteiger partial charge in [0.25, 0.3) is 0 Å². The number of amides is 2. The maximum atomic E-state index is 12.4. The second-order valence-electron chi connectivity index (χ2n) is 6.12. The highest BCUT2D eigenvalue weighted by molar-refractivity contribution is 5.97. The minimum Gasteiger partial charge on any atom is -0.342 e. The molecule has 1 N–H and O–H groups in total. The molecule has 0 bridgehead atoms. The van der Waals surface area contributed by atoms with Gasteiger partial charge in [0.05, 0.1) is 0 Å². The lowest BCUT2D eigenvalue weighted by Gasteiger charge is -2.39. The molecule has 2 atom stereocenters. The van der Waals surface area contributed by atoms with Gasteiger partial charge in [0, 0.05) is 6.54 Å². The van der Waals surface area contributed by atoms with Crippen molar-refractivity contribution in [3.63, 3.8) is 0 Å². The summed E-state index contributed by atoms with van der Waals surface area (Å²) in [5.41, 5.74) is 0. The van der Waals surface area contributed by atoms with Crippen molar-refractivity contribution in [2.24, 2.45) is 11.8 Å². The summed E-state index contributed by atoms with van der Waals surface area (Å²) >= 11 is 0. The van der Waals surface area contributed by atoms with Crippen molar-refractivity contribution in [3.05, 3.63) is 0 Å². The Kier molecular flexibility index (Phi) is 3.04. The molecule has 1 heterocycles. The van der Waals surface area contributed by atoms with Gasteiger partial charge in [-0.2, -0.15) is 0 Å². The molecule has 4 nitrogen and oxygen atoms in total. The van der Waals surface area contributed by atoms with E-state index in [9.17, 15) is 9.59 Å². The highest BCUT2D eigenvalue weighted by Gasteiger charge is 2.45. The van der Waals surface area contributed by atoms with Crippen LogP contribution in [-0.4, -0.2) is 35.3 Å². The lowest BCUT2D eigenvalue weighted by atomic mass is 9.83. The van der Waals surface area contributed by atoms with Crippen molar-refractivity contribution < 1.29 is 9.59 Å². The second kappa shape index (κ2) is 4.56. The number of rotatable bonds is 4. The van der Waals surface area contributed by atoms with Crippen molar-refractivity contribution in [2.75, 3.05) is 6.54 Å². The van der Waals surface area contributed by atoms with E-state index < -0.39 is 0 Å². The Labute approximate surface area is 108 Å². The van der Waals surface area contributed by atoms with E-state index in [-0.39, 0.29) is 23.9 Å². The lowest BCUT2D eigenvalue weighted by Crippen LogP contribution is -2.63. The molecule has 100 valence electrons. The van der Waals surface area contributed by atoms with E-state index >= 15 is 0 Å². The molecule has 3 fully saturated rings. The Morgan fingerprint density at radius 1 is 1.22 bits per heavy atom. The molecule has 0 radical (unpaired) electrons. The van der Waals surface area contributed by atoms with Gasteiger partial charge in [-0.25, -0.2) is 0 Å². The van der Waals surface area contributed by atoms with Crippen molar-refractivity contribution in [2.45, 2.75) is 57.5 Å². The van der Waals surface area contributed by atoms with Gasteiger partial charge >= 0.3 is 0 Å². The van der Waals surface area contributed by atoms with E-state index in [0.29, 0.717) is 5.92 Å². The van der Waals surface area contributed by atoms with Gasteiger partial charge in [0.1, 0.15) is 12.1 Å². The van der Waals surface area contributed by atoms with Gasteiger partial charge in [0.2, 0.25) is 11.8 Å². The Hall–Kier alpha value is -1.06. The molecule has 0 spiro atoms. The summed E-state index contributed by atoms with van der Waals surface area (Å²) in [5.74, 6) is 1.37. The van der Waals surface area contributed by atoms with Crippen molar-refractivity contribution in [1.29, 1.82) is 0 Å². The quantitative estimate of drug-likeness (QED) is 0.817. The molecular formula is C14H22N2O2. The first-order valence-electron chi connectivity index (χ1n) is 7.27. The van der Waals surface area contributed by atoms with Crippen LogP contribution in [0.5, 0.6) is 0 Å². The summed E-state index contributed by atoms with van der Waals surface area (Å²) in [6.07, 6.45) is 7.17. The zero-order valence-electron chi connectivity index (χ0n) is 11.0. The first-order chi connectivity index (χ1) is 8.66. The highest BCUT2D eigenvalue weighted by Crippen LogP contribution is 2.35. The van der Waals surface area contributed by atoms with Crippen LogP contribution in [0.4, 0.5) is 0 Å². The Morgan fingerprint density at radius 2 is 1.94 bits per heavy atom. The van der Waals surface area contributed by atoms with E-state index in [2.05, 4.69) is 5.32 Å². The standard InChI is InChI=1S/C14H22N2O2/c1-9-13(17)15-12(11-5-6-11)14(18)16(9)8-7-10-3-2-4-10/h9-12H,2-8H2,1H3,(H,15,17). The largest absolute Gasteiger partial charge is 0.342 e. The molecule has 2 saturated carbocycles. The lowest BCUT2D eigenvalue weighted by molar-refractivity contribution is -0.149. The predicted octanol–water partition coefficient (Wildman–Crippen LogP) is 1.30. The molecule has 0 aromatic rings. The third-order valence-corrected chi connectivity index (χ3v) is 4.79. The summed E-state index contributed by atoms with van der Waals surface area (Å²) in [6, 6.07) is -0.511. The van der Waals surface area contributed by atoms with E-state index in [0.717, 1.165) is 31.7 Å². The number of nitrogens with one attached hydrogen (secondary N) is 1. The van der Waals surface area contributed by atoms with E-state index in [1.54, 1.807) is 0 Å². The van der Waals surface area contributed by atoms with Gasteiger partial charge in [-0.15, -0.1) is 0 Å². The van der Waals surface area contributed by atoms with Gasteiger partial charge in [-0.05, 0) is 38.0 Å². The number of hydrogen-bond acceptors (Lipinski definition) is 2. The topological polar surface area (TPSA) is 49.4 Å². The maximum absolute atomic E-state index is 12.4. The van der Waals surface area contributed by atoms with Crippen LogP contribution in [0.1, 0.15) is 45.4 Å². The molecule has 1 aliphatic heterocycles. The minimum atomic E-state index is -0.285. The van der Waals surface area contributed by atoms with Crippen molar-refractivity contribution in [1.82, 2.24) is 10.2 Å². The first-order valence-corrected chi connectivity index (χ1v) is 7.27. The van der Waals surface area contributed by atoms with E-state index in [1.807, 2.05) is 11.8 Å². The van der Waals surface area contributed by atoms with Crippen LogP contribution in [0.3, 0.4) is 0 Å². The van der Waals surface area contributed by atoms with Gasteiger partial charge < -0.3 is 10.2 Å². The fourth-order valence-corrected chi connectivity index (χ4v) is 3.00. The van der Waals surface area contributed by atoms with Gasteiger partial charge in [-0.3, -0.25) is 9.59 Å². The van der Waals surface area contributed by atoms with Crippen LogP contribution >= 0.6 is 0 Å². The first kappa shape index (κ1) is 12.0. The monoisotopic (exact) mass is 250 g/mol. The third kappa shape index (κ3) is 2.13. The number of piperazine rings is 1. The van der Waals surface area contributed by atoms with Crippen molar-refractivity contribution in [3.8, 4) is 0 Å². The molecule has 4 heteroatoms. The minimum absolute atomic E-state index is 0.0279. The molecule has 2 amide bonds. The molecular weight excluding hydrogens is 228 g/mol. The highest BCUT2D eigenvalue weighted by atomic mass is 16.2. The zero-order valence-corrected chi connectivity index (χ0v) is 11.0. The fourth-order valence-electron chi connectivity index (χ4n) is 3.00. The molecule has 0 aromatic carbocycles. The molecule has 18 heavy (non-hydrogen) atoms. The number of hydrogen-bond donors (Lipinski definition) is 1. The van der Waals surface area contributed by atoms with E-state index in [4.69, 9.17) is 0 Å². The summed E-state index contributed by atoms with van der Waals surface area (Å²) in [6.45, 7) is 2.61. The fraction of sp³-hybridized carbons (Fsp3) is 0.857. The van der Waals surface area contributed by atoms with Crippen LogP contribution in [-0.2, 0) is 9.59 Å². The summed E-state index contributed by atoms with van der Waals surface area (Å²) in [5, 5.41) is 2.89. The summed E-state index contributed by atoms with van der Waals surface area (Å²) in [4.78, 5) is 26.1. The molecule has 2 unspecified atom stereocenters. The second-order valence-corrected chi connectivity index (χ2v) is 6.12. The smallest absolute Gasteiger partial charge is 0.246 e. The molecule has 1 saturated heterocycles. The molecule has 3 rings (SSSR count). The van der Waals surface area contributed by atoms with Crippen LogP contribution in [0, 0.1) is 11.8 Å². The number of carbonyl (C=O) groups is 2. The van der Waals surface area contributed by atoms with Crippen LogP contribution < -0.4 is 5.32 Å². The van der Waals surface area contributed by atoms with Gasteiger partial charge in [-0.1, -0.05) is 19.3 Å². The van der Waals surface area contributed by atoms with Crippen LogP contribution in [0.25, 0.3) is 0 Å². The van der Waals surface area contributed by atoms with Crippen LogP contribution in [0.2, 0.25) is 0 Å². The zero-order chi connectivity index (χ0) is 12.7. The maximum Gasteiger partial charge on any atom is 0.246 e. The predicted molar refractivity (Wildman–Crippen MR) is 67.8 cm³/mol. The number of carbonyl (C=O) groups excluding carboxylic acids is 2. The Morgan fingerprint density at radius 3 is 2.50 bits per heavy atom. The molecule has 3 aliphatic rings. The average Bonchev–Trinajstić information content (AvgIpc) is 3.09. The average molecular weight is 250 g/mol. The van der Waals surface area contributed by atoms with Crippen molar-refractivity contribution >= 4 is 11.8 Å². The SMILES string of the molecule is CC1C(=O)NC(C2CC2)C(=O)N1CCC1CCC1. The van der Waals surface area contributed by atoms with Gasteiger partial charge in [0.15, 0.2) is 0 Å². The van der Waals surface area contributed by atoms with Crippen LogP contribution in [0.15, 0.2) is 0 Å². The summed E-state index contributed by atoms with van der Waals surface area (Å²) in [7, 11) is 0.